The molecule has 2 aliphatic rings. The minimum absolute atomic E-state index is 0.0283. The Bertz CT molecular complexity index is 1110. The Labute approximate surface area is 175 Å². The van der Waals surface area contributed by atoms with Crippen molar-refractivity contribution < 1.29 is 14.3 Å². The number of carbonyl (C=O) groups excluding carboxylic acids is 2. The number of ether oxygens (including phenoxy) is 1. The molecule has 30 heavy (non-hydrogen) atoms. The van der Waals surface area contributed by atoms with Gasteiger partial charge in [0.2, 0.25) is 0 Å². The molecule has 2 atom stereocenters. The van der Waals surface area contributed by atoms with Crippen LogP contribution in [0, 0.1) is 0 Å². The number of carbonyl (C=O) groups is 2. The van der Waals surface area contributed by atoms with Crippen LogP contribution >= 0.6 is 0 Å². The number of hydrogen-bond acceptors (Lipinski definition) is 3. The van der Waals surface area contributed by atoms with Crippen molar-refractivity contribution in [3.05, 3.63) is 106 Å². The van der Waals surface area contributed by atoms with Gasteiger partial charge in [-0.1, -0.05) is 54.6 Å². The van der Waals surface area contributed by atoms with Crippen LogP contribution in [0.25, 0.3) is 0 Å². The van der Waals surface area contributed by atoms with E-state index in [-0.39, 0.29) is 24.0 Å². The maximum atomic E-state index is 13.0. The molecule has 0 bridgehead atoms. The summed E-state index contributed by atoms with van der Waals surface area (Å²) in [5, 5.41) is 3.20. The van der Waals surface area contributed by atoms with E-state index in [2.05, 4.69) is 23.5 Å². The quantitative estimate of drug-likeness (QED) is 0.637. The number of benzene rings is 3. The Hall–Kier alpha value is -3.40. The predicted octanol–water partition coefficient (Wildman–Crippen LogP) is 4.95. The number of fused-ring (bicyclic) bond motifs is 2. The normalized spacial score (nSPS) is 19.9. The average molecular weight is 397 g/mol. The Balaban J connectivity index is 1.38. The van der Waals surface area contributed by atoms with Crippen molar-refractivity contribution >= 4 is 11.9 Å². The van der Waals surface area contributed by atoms with E-state index in [0.29, 0.717) is 17.5 Å². The summed E-state index contributed by atoms with van der Waals surface area (Å²) < 4.78 is 5.62. The monoisotopic (exact) mass is 397 g/mol. The Morgan fingerprint density at radius 1 is 0.933 bits per heavy atom. The lowest BCUT2D eigenvalue weighted by Crippen LogP contribution is -2.31. The van der Waals surface area contributed by atoms with Gasteiger partial charge in [0.25, 0.3) is 5.91 Å². The fraction of sp³-hybridized carbons (Fsp3) is 0.231. The third-order valence-corrected chi connectivity index (χ3v) is 6.09. The second kappa shape index (κ2) is 7.79. The summed E-state index contributed by atoms with van der Waals surface area (Å²) in [6.07, 6.45) is 3.31. The molecule has 4 nitrogen and oxygen atoms in total. The molecular formula is C26H23NO3. The standard InChI is InChI=1S/C26H23NO3/c28-25(27-23-12-6-10-17-7-4-5-11-21(17)23)19-13-14-22-20(15-19)16-24(30-26(22)29)18-8-2-1-3-9-18/h1-5,7-9,11,13-15,23-24H,6,10,12,16H2,(H,27,28)/t23-,24+/m1/s1. The van der Waals surface area contributed by atoms with Crippen molar-refractivity contribution in [2.24, 2.45) is 0 Å². The van der Waals surface area contributed by atoms with E-state index in [1.807, 2.05) is 42.5 Å². The molecule has 3 aromatic rings. The third kappa shape index (κ3) is 3.50. The second-order valence-corrected chi connectivity index (χ2v) is 8.00. The lowest BCUT2D eigenvalue weighted by molar-refractivity contribution is 0.0252. The van der Waals surface area contributed by atoms with Gasteiger partial charge >= 0.3 is 5.97 Å². The topological polar surface area (TPSA) is 55.4 Å². The first-order valence-electron chi connectivity index (χ1n) is 10.5. The van der Waals surface area contributed by atoms with Gasteiger partial charge < -0.3 is 10.1 Å². The van der Waals surface area contributed by atoms with Crippen molar-refractivity contribution in [3.63, 3.8) is 0 Å². The lowest BCUT2D eigenvalue weighted by atomic mass is 9.87. The minimum atomic E-state index is -0.335. The summed E-state index contributed by atoms with van der Waals surface area (Å²) >= 11 is 0. The first-order valence-corrected chi connectivity index (χ1v) is 10.5. The predicted molar refractivity (Wildman–Crippen MR) is 114 cm³/mol. The summed E-state index contributed by atoms with van der Waals surface area (Å²) in [5.41, 5.74) is 5.47. The molecule has 5 rings (SSSR count). The molecule has 1 aliphatic heterocycles. The van der Waals surface area contributed by atoms with Gasteiger partial charge in [0.1, 0.15) is 6.10 Å². The number of rotatable bonds is 3. The van der Waals surface area contributed by atoms with Crippen LogP contribution in [0.5, 0.6) is 0 Å². The number of hydrogen-bond donors (Lipinski definition) is 1. The maximum Gasteiger partial charge on any atom is 0.339 e. The van der Waals surface area contributed by atoms with Crippen LogP contribution in [0.1, 0.15) is 68.0 Å². The van der Waals surface area contributed by atoms with Gasteiger partial charge in [-0.05, 0) is 59.7 Å². The molecule has 0 saturated carbocycles. The van der Waals surface area contributed by atoms with Crippen LogP contribution in [0.4, 0.5) is 0 Å². The lowest BCUT2D eigenvalue weighted by Gasteiger charge is -2.27. The van der Waals surface area contributed by atoms with Crippen LogP contribution in [0.3, 0.4) is 0 Å². The van der Waals surface area contributed by atoms with Gasteiger partial charge in [0.15, 0.2) is 0 Å². The largest absolute Gasteiger partial charge is 0.454 e. The van der Waals surface area contributed by atoms with Crippen molar-refractivity contribution in [1.29, 1.82) is 0 Å². The molecule has 150 valence electrons. The van der Waals surface area contributed by atoms with Gasteiger partial charge in [-0.2, -0.15) is 0 Å². The van der Waals surface area contributed by atoms with Crippen LogP contribution in [-0.4, -0.2) is 11.9 Å². The number of aryl methyl sites for hydroxylation is 1. The van der Waals surface area contributed by atoms with Gasteiger partial charge in [-0.25, -0.2) is 4.79 Å². The van der Waals surface area contributed by atoms with E-state index in [0.717, 1.165) is 30.4 Å². The molecule has 0 fully saturated rings. The van der Waals surface area contributed by atoms with Crippen molar-refractivity contribution in [2.75, 3.05) is 0 Å². The molecule has 1 N–H and O–H groups in total. The number of esters is 1. The Morgan fingerprint density at radius 3 is 2.60 bits per heavy atom. The molecular weight excluding hydrogens is 374 g/mol. The summed E-state index contributed by atoms with van der Waals surface area (Å²) in [7, 11) is 0. The van der Waals surface area contributed by atoms with Crippen molar-refractivity contribution in [2.45, 2.75) is 37.8 Å². The molecule has 0 spiro atoms. The second-order valence-electron chi connectivity index (χ2n) is 8.00. The zero-order valence-electron chi connectivity index (χ0n) is 16.6. The Kier molecular flexibility index (Phi) is 4.83. The molecule has 1 amide bonds. The van der Waals surface area contributed by atoms with Crippen molar-refractivity contribution in [3.8, 4) is 0 Å². The average Bonchev–Trinajstić information content (AvgIpc) is 2.79. The molecule has 0 unspecified atom stereocenters. The van der Waals surface area contributed by atoms with Crippen LogP contribution in [0.2, 0.25) is 0 Å². The molecule has 0 aromatic heterocycles. The fourth-order valence-corrected chi connectivity index (χ4v) is 4.54. The van der Waals surface area contributed by atoms with Gasteiger partial charge in [-0.3, -0.25) is 4.79 Å². The molecule has 1 aliphatic carbocycles. The highest BCUT2D eigenvalue weighted by atomic mass is 16.5. The van der Waals surface area contributed by atoms with Gasteiger partial charge in [-0.15, -0.1) is 0 Å². The molecule has 1 heterocycles. The Morgan fingerprint density at radius 2 is 1.73 bits per heavy atom. The van der Waals surface area contributed by atoms with Crippen LogP contribution in [0.15, 0.2) is 72.8 Å². The van der Waals surface area contributed by atoms with E-state index < -0.39 is 0 Å². The van der Waals surface area contributed by atoms with Gasteiger partial charge in [0, 0.05) is 12.0 Å². The highest BCUT2D eigenvalue weighted by Crippen LogP contribution is 2.32. The number of cyclic esters (lactones) is 1. The molecule has 0 radical (unpaired) electrons. The van der Waals surface area contributed by atoms with E-state index in [1.165, 1.54) is 11.1 Å². The number of amides is 1. The summed E-state index contributed by atoms with van der Waals surface area (Å²) in [6.45, 7) is 0. The molecule has 0 saturated heterocycles. The van der Waals surface area contributed by atoms with E-state index in [1.54, 1.807) is 12.1 Å². The van der Waals surface area contributed by atoms with Crippen LogP contribution < -0.4 is 5.32 Å². The zero-order chi connectivity index (χ0) is 20.5. The molecule has 4 heteroatoms. The van der Waals surface area contributed by atoms with E-state index >= 15 is 0 Å². The zero-order valence-corrected chi connectivity index (χ0v) is 16.6. The number of nitrogens with one attached hydrogen (secondary N) is 1. The highest BCUT2D eigenvalue weighted by Gasteiger charge is 2.29. The summed E-state index contributed by atoms with van der Waals surface area (Å²) in [6, 6.07) is 23.3. The maximum absolute atomic E-state index is 13.0. The van der Waals surface area contributed by atoms with E-state index in [9.17, 15) is 9.59 Å². The van der Waals surface area contributed by atoms with E-state index in [4.69, 9.17) is 4.74 Å². The third-order valence-electron chi connectivity index (χ3n) is 6.09. The summed E-state index contributed by atoms with van der Waals surface area (Å²) in [5.74, 6) is -0.437. The van der Waals surface area contributed by atoms with Crippen LogP contribution in [-0.2, 0) is 17.6 Å². The fourth-order valence-electron chi connectivity index (χ4n) is 4.54. The summed E-state index contributed by atoms with van der Waals surface area (Å²) in [4.78, 5) is 25.5. The van der Waals surface area contributed by atoms with Crippen molar-refractivity contribution in [1.82, 2.24) is 5.32 Å². The first kappa shape index (κ1) is 18.6. The van der Waals surface area contributed by atoms with Gasteiger partial charge in [0.05, 0.1) is 11.6 Å². The highest BCUT2D eigenvalue weighted by molar-refractivity contribution is 5.98. The SMILES string of the molecule is O=C(N[C@@H]1CCCc2ccccc21)c1ccc2c(c1)C[C@@H](c1ccccc1)OC2=O. The molecule has 3 aromatic carbocycles. The smallest absolute Gasteiger partial charge is 0.339 e. The first-order chi connectivity index (χ1) is 14.7. The minimum Gasteiger partial charge on any atom is -0.454 e.